The quantitative estimate of drug-likeness (QED) is 0.563. The van der Waals surface area contributed by atoms with Gasteiger partial charge in [0.05, 0.1) is 12.7 Å². The lowest BCUT2D eigenvalue weighted by Gasteiger charge is -2.19. The molecule has 0 saturated heterocycles. The highest BCUT2D eigenvalue weighted by Gasteiger charge is 2.11. The fraction of sp³-hybridized carbons (Fsp3) is 0.381. The zero-order valence-electron chi connectivity index (χ0n) is 16.1. The molecule has 0 aliphatic heterocycles. The molecule has 0 radical (unpaired) electrons. The van der Waals surface area contributed by atoms with Crippen molar-refractivity contribution in [1.29, 1.82) is 0 Å². The summed E-state index contributed by atoms with van der Waals surface area (Å²) in [5.41, 5.74) is 3.42. The molecule has 2 aromatic carbocycles. The molecule has 0 saturated carbocycles. The van der Waals surface area contributed by atoms with Gasteiger partial charge in [0.2, 0.25) is 0 Å². The molecule has 2 aromatic rings. The number of rotatable bonds is 8. The van der Waals surface area contributed by atoms with Crippen molar-refractivity contribution < 1.29 is 9.47 Å². The second kappa shape index (κ2) is 10.5. The fourth-order valence-corrected chi connectivity index (χ4v) is 2.69. The normalized spacial score (nSPS) is 12.5. The number of hydrogen-bond acceptors (Lipinski definition) is 3. The van der Waals surface area contributed by atoms with Crippen LogP contribution in [0.3, 0.4) is 0 Å². The summed E-state index contributed by atoms with van der Waals surface area (Å²) >= 11 is 0. The molecule has 2 N–H and O–H groups in total. The van der Waals surface area contributed by atoms with E-state index >= 15 is 0 Å². The van der Waals surface area contributed by atoms with E-state index in [1.807, 2.05) is 25.1 Å². The van der Waals surface area contributed by atoms with Crippen LogP contribution in [0.2, 0.25) is 0 Å². The van der Waals surface area contributed by atoms with Crippen molar-refractivity contribution in [3.8, 4) is 5.75 Å². The summed E-state index contributed by atoms with van der Waals surface area (Å²) in [6.45, 7) is 5.98. The summed E-state index contributed by atoms with van der Waals surface area (Å²) in [4.78, 5) is 4.29. The van der Waals surface area contributed by atoms with E-state index in [0.29, 0.717) is 19.7 Å². The Morgan fingerprint density at radius 1 is 1.12 bits per heavy atom. The molecule has 0 amide bonds. The van der Waals surface area contributed by atoms with Gasteiger partial charge in [-0.25, -0.2) is 0 Å². The topological polar surface area (TPSA) is 54.9 Å². The van der Waals surface area contributed by atoms with Crippen LogP contribution in [-0.4, -0.2) is 33.3 Å². The van der Waals surface area contributed by atoms with Crippen LogP contribution in [0.4, 0.5) is 0 Å². The number of benzene rings is 2. The van der Waals surface area contributed by atoms with Gasteiger partial charge in [-0.2, -0.15) is 0 Å². The molecule has 5 nitrogen and oxygen atoms in total. The smallest absolute Gasteiger partial charge is 0.191 e. The maximum Gasteiger partial charge on any atom is 0.191 e. The second-order valence-corrected chi connectivity index (χ2v) is 5.99. The average Bonchev–Trinajstić information content (AvgIpc) is 2.67. The standard InChI is InChI=1S/C21H29N3O2/c1-5-26-19-13-16(2)11-12-18(19)14-23-21(22-3)24-15-20(25-4)17-9-7-6-8-10-17/h6-13,20H,5,14-15H2,1-4H3,(H2,22,23,24). The first-order valence-electron chi connectivity index (χ1n) is 8.92. The number of guanidine groups is 1. The first-order valence-corrected chi connectivity index (χ1v) is 8.92. The summed E-state index contributed by atoms with van der Waals surface area (Å²) in [5.74, 6) is 1.64. The highest BCUT2D eigenvalue weighted by Crippen LogP contribution is 2.20. The van der Waals surface area contributed by atoms with Crippen LogP contribution in [0.25, 0.3) is 0 Å². The van der Waals surface area contributed by atoms with Gasteiger partial charge in [0.1, 0.15) is 5.75 Å². The number of aryl methyl sites for hydroxylation is 1. The molecular formula is C21H29N3O2. The second-order valence-electron chi connectivity index (χ2n) is 5.99. The van der Waals surface area contributed by atoms with Gasteiger partial charge in [-0.15, -0.1) is 0 Å². The number of ether oxygens (including phenoxy) is 2. The van der Waals surface area contributed by atoms with Gasteiger partial charge < -0.3 is 20.1 Å². The lowest BCUT2D eigenvalue weighted by molar-refractivity contribution is 0.106. The first-order chi connectivity index (χ1) is 12.7. The van der Waals surface area contributed by atoms with E-state index in [1.54, 1.807) is 14.2 Å². The average molecular weight is 355 g/mol. The monoisotopic (exact) mass is 355 g/mol. The van der Waals surface area contributed by atoms with Crippen LogP contribution in [0, 0.1) is 6.92 Å². The van der Waals surface area contributed by atoms with E-state index in [1.165, 1.54) is 5.56 Å². The molecule has 2 rings (SSSR count). The predicted octanol–water partition coefficient (Wildman–Crippen LogP) is 3.45. The van der Waals surface area contributed by atoms with E-state index < -0.39 is 0 Å². The molecule has 1 atom stereocenters. The molecule has 0 aliphatic carbocycles. The fourth-order valence-electron chi connectivity index (χ4n) is 2.69. The van der Waals surface area contributed by atoms with Gasteiger partial charge in [-0.1, -0.05) is 42.5 Å². The Labute approximate surface area is 156 Å². The van der Waals surface area contributed by atoms with Crippen LogP contribution in [0.15, 0.2) is 53.5 Å². The molecule has 26 heavy (non-hydrogen) atoms. The zero-order valence-corrected chi connectivity index (χ0v) is 16.1. The Hall–Kier alpha value is -2.53. The van der Waals surface area contributed by atoms with Crippen LogP contribution in [-0.2, 0) is 11.3 Å². The highest BCUT2D eigenvalue weighted by atomic mass is 16.5. The summed E-state index contributed by atoms with van der Waals surface area (Å²) in [6.07, 6.45) is -0.0342. The van der Waals surface area contributed by atoms with Gasteiger partial charge in [0.15, 0.2) is 5.96 Å². The van der Waals surface area contributed by atoms with E-state index in [-0.39, 0.29) is 6.10 Å². The van der Waals surface area contributed by atoms with Crippen molar-refractivity contribution in [3.63, 3.8) is 0 Å². The summed E-state index contributed by atoms with van der Waals surface area (Å²) < 4.78 is 11.3. The molecule has 5 heteroatoms. The molecule has 0 aliphatic rings. The van der Waals surface area contributed by atoms with Crippen molar-refractivity contribution in [1.82, 2.24) is 10.6 Å². The maximum atomic E-state index is 5.74. The van der Waals surface area contributed by atoms with Crippen LogP contribution < -0.4 is 15.4 Å². The minimum atomic E-state index is -0.0342. The van der Waals surface area contributed by atoms with E-state index in [9.17, 15) is 0 Å². The summed E-state index contributed by atoms with van der Waals surface area (Å²) in [5, 5.41) is 6.66. The first kappa shape index (κ1) is 19.8. The van der Waals surface area contributed by atoms with Crippen molar-refractivity contribution in [3.05, 3.63) is 65.2 Å². The molecule has 0 bridgehead atoms. The third-order valence-corrected chi connectivity index (χ3v) is 4.10. The van der Waals surface area contributed by atoms with Gasteiger partial charge in [-0.3, -0.25) is 4.99 Å². The number of methoxy groups -OCH3 is 1. The largest absolute Gasteiger partial charge is 0.494 e. The van der Waals surface area contributed by atoms with Crippen LogP contribution >= 0.6 is 0 Å². The third kappa shape index (κ3) is 5.77. The van der Waals surface area contributed by atoms with Crippen LogP contribution in [0.5, 0.6) is 5.75 Å². The van der Waals surface area contributed by atoms with E-state index in [4.69, 9.17) is 9.47 Å². The number of aliphatic imine (C=N–C) groups is 1. The van der Waals surface area contributed by atoms with Gasteiger partial charge in [-0.05, 0) is 31.0 Å². The molecule has 1 unspecified atom stereocenters. The van der Waals surface area contributed by atoms with Crippen LogP contribution in [0.1, 0.15) is 29.7 Å². The molecule has 140 valence electrons. The van der Waals surface area contributed by atoms with Crippen molar-refractivity contribution in [2.45, 2.75) is 26.5 Å². The van der Waals surface area contributed by atoms with Crippen molar-refractivity contribution in [2.24, 2.45) is 4.99 Å². The molecule has 0 spiro atoms. The number of hydrogen-bond donors (Lipinski definition) is 2. The Morgan fingerprint density at radius 3 is 2.54 bits per heavy atom. The summed E-state index contributed by atoms with van der Waals surface area (Å²) in [7, 11) is 3.48. The third-order valence-electron chi connectivity index (χ3n) is 4.10. The lowest BCUT2D eigenvalue weighted by atomic mass is 10.1. The maximum absolute atomic E-state index is 5.74. The minimum absolute atomic E-state index is 0.0342. The molecule has 0 heterocycles. The number of nitrogens with zero attached hydrogens (tertiary/aromatic N) is 1. The van der Waals surface area contributed by atoms with Crippen molar-refractivity contribution >= 4 is 5.96 Å². The Kier molecular flexibility index (Phi) is 7.96. The predicted molar refractivity (Wildman–Crippen MR) is 107 cm³/mol. The number of nitrogens with one attached hydrogen (secondary N) is 2. The Bertz CT molecular complexity index is 702. The molecule has 0 fully saturated rings. The van der Waals surface area contributed by atoms with Crippen molar-refractivity contribution in [2.75, 3.05) is 27.3 Å². The van der Waals surface area contributed by atoms with Gasteiger partial charge in [0, 0.05) is 32.8 Å². The summed E-state index contributed by atoms with van der Waals surface area (Å²) in [6, 6.07) is 16.4. The van der Waals surface area contributed by atoms with Gasteiger partial charge in [0.25, 0.3) is 0 Å². The van der Waals surface area contributed by atoms with E-state index in [0.717, 1.165) is 22.8 Å². The lowest BCUT2D eigenvalue weighted by Crippen LogP contribution is -2.39. The SMILES string of the molecule is CCOc1cc(C)ccc1CNC(=NC)NCC(OC)c1ccccc1. The Balaban J connectivity index is 1.94. The zero-order chi connectivity index (χ0) is 18.8. The molecular weight excluding hydrogens is 326 g/mol. The Morgan fingerprint density at radius 2 is 1.88 bits per heavy atom. The highest BCUT2D eigenvalue weighted by molar-refractivity contribution is 5.79. The minimum Gasteiger partial charge on any atom is -0.494 e. The van der Waals surface area contributed by atoms with E-state index in [2.05, 4.69) is 52.9 Å². The van der Waals surface area contributed by atoms with Gasteiger partial charge >= 0.3 is 0 Å². The molecule has 0 aromatic heterocycles.